The minimum atomic E-state index is -0.492. The molecule has 1 aromatic heterocycles. The van der Waals surface area contributed by atoms with Gasteiger partial charge in [-0.3, -0.25) is 0 Å². The van der Waals surface area contributed by atoms with Gasteiger partial charge in [-0.1, -0.05) is 80.1 Å². The van der Waals surface area contributed by atoms with Gasteiger partial charge >= 0.3 is 5.97 Å². The van der Waals surface area contributed by atoms with Gasteiger partial charge in [-0.25, -0.2) is 4.79 Å². The Morgan fingerprint density at radius 3 is 2.49 bits per heavy atom. The van der Waals surface area contributed by atoms with E-state index in [1.807, 2.05) is 6.07 Å². The first-order chi connectivity index (χ1) is 17.0. The van der Waals surface area contributed by atoms with E-state index in [1.165, 1.54) is 44.1 Å². The fourth-order valence-corrected chi connectivity index (χ4v) is 7.65. The van der Waals surface area contributed by atoms with Gasteiger partial charge in [0.15, 0.2) is 0 Å². The summed E-state index contributed by atoms with van der Waals surface area (Å²) >= 11 is 0. The van der Waals surface area contributed by atoms with E-state index in [0.29, 0.717) is 5.75 Å². The van der Waals surface area contributed by atoms with E-state index in [2.05, 4.69) is 98.2 Å². The normalized spacial score (nSPS) is 28.2. The third-order valence-electron chi connectivity index (χ3n) is 9.00. The molecular weight excluding hydrogens is 430 g/mol. The zero-order valence-electron chi connectivity index (χ0n) is 20.0. The van der Waals surface area contributed by atoms with Gasteiger partial charge < -0.3 is 9.30 Å². The maximum atomic E-state index is 13.4. The number of rotatable bonds is 1. The molecule has 0 saturated carbocycles. The number of carbonyl (C=O) groups is 1. The smallest absolute Gasteiger partial charge is 0.340 e. The van der Waals surface area contributed by atoms with Crippen LogP contribution in [0.25, 0.3) is 27.4 Å². The standard InChI is InChI=1S/C32H25NO2/c1-17-15-23-31(34)35-26-14-13-21-20-11-7-8-12-24(20)33-25-16-22(19-9-5-4-6-10-19)18(2)27(17)28(25)32(23,3)29(26)30(21)33/h4-18,25H,1-3H3. The van der Waals surface area contributed by atoms with E-state index in [9.17, 15) is 4.79 Å². The summed E-state index contributed by atoms with van der Waals surface area (Å²) in [4.78, 5) is 13.4. The number of fused-ring (bicyclic) bond motifs is 4. The Hall–Kier alpha value is -3.85. The van der Waals surface area contributed by atoms with Crippen LogP contribution in [-0.4, -0.2) is 10.5 Å². The summed E-state index contributed by atoms with van der Waals surface area (Å²) in [6, 6.07) is 23.6. The van der Waals surface area contributed by atoms with Crippen LogP contribution in [0.4, 0.5) is 0 Å². The predicted octanol–water partition coefficient (Wildman–Crippen LogP) is 7.13. The summed E-state index contributed by atoms with van der Waals surface area (Å²) in [7, 11) is 0. The van der Waals surface area contributed by atoms with Gasteiger partial charge in [0.1, 0.15) is 5.75 Å². The molecule has 4 aliphatic rings. The van der Waals surface area contributed by atoms with Gasteiger partial charge in [-0.05, 0) is 47.8 Å². The minimum Gasteiger partial charge on any atom is -0.423 e. The molecule has 0 bridgehead atoms. The molecule has 0 N–H and O–H groups in total. The van der Waals surface area contributed by atoms with E-state index in [1.54, 1.807) is 0 Å². The Morgan fingerprint density at radius 1 is 0.886 bits per heavy atom. The van der Waals surface area contributed by atoms with Gasteiger partial charge in [0.05, 0.1) is 17.0 Å². The van der Waals surface area contributed by atoms with Crippen LogP contribution in [0, 0.1) is 11.8 Å². The number of benzene rings is 3. The maximum Gasteiger partial charge on any atom is 0.340 e. The number of allylic oxidation sites excluding steroid dienone is 5. The molecule has 35 heavy (non-hydrogen) atoms. The molecule has 0 amide bonds. The van der Waals surface area contributed by atoms with Crippen LogP contribution < -0.4 is 4.74 Å². The van der Waals surface area contributed by atoms with E-state index in [4.69, 9.17) is 4.74 Å². The van der Waals surface area contributed by atoms with Crippen LogP contribution in [0.2, 0.25) is 0 Å². The highest BCUT2D eigenvalue weighted by molar-refractivity contribution is 6.13. The molecule has 3 aromatic carbocycles. The first-order valence-electron chi connectivity index (χ1n) is 12.5. The van der Waals surface area contributed by atoms with Crippen molar-refractivity contribution in [2.75, 3.05) is 0 Å². The highest BCUT2D eigenvalue weighted by Crippen LogP contribution is 2.64. The van der Waals surface area contributed by atoms with Crippen molar-refractivity contribution < 1.29 is 9.53 Å². The van der Waals surface area contributed by atoms with Gasteiger partial charge in [-0.15, -0.1) is 0 Å². The average Bonchev–Trinajstić information content (AvgIpc) is 3.20. The molecule has 4 atom stereocenters. The Labute approximate surface area is 204 Å². The zero-order valence-corrected chi connectivity index (χ0v) is 20.0. The van der Waals surface area contributed by atoms with Crippen molar-refractivity contribution in [3.63, 3.8) is 0 Å². The number of carbonyl (C=O) groups excluding carboxylic acids is 1. The molecule has 3 heteroatoms. The third kappa shape index (κ3) is 2.12. The summed E-state index contributed by atoms with van der Waals surface area (Å²) in [6.07, 6.45) is 4.66. The van der Waals surface area contributed by atoms with Crippen molar-refractivity contribution in [1.82, 2.24) is 4.57 Å². The molecule has 0 radical (unpaired) electrons. The first-order valence-corrected chi connectivity index (χ1v) is 12.5. The maximum absolute atomic E-state index is 13.4. The Morgan fingerprint density at radius 2 is 1.66 bits per heavy atom. The lowest BCUT2D eigenvalue weighted by Crippen LogP contribution is -2.47. The summed E-state index contributed by atoms with van der Waals surface area (Å²) in [5.41, 5.74) is 9.34. The van der Waals surface area contributed by atoms with E-state index in [-0.39, 0.29) is 23.8 Å². The van der Waals surface area contributed by atoms with Crippen molar-refractivity contribution in [2.45, 2.75) is 32.2 Å². The van der Waals surface area contributed by atoms with Crippen molar-refractivity contribution in [2.24, 2.45) is 11.8 Å². The Bertz CT molecular complexity index is 1730. The number of para-hydroxylation sites is 1. The van der Waals surface area contributed by atoms with Crippen molar-refractivity contribution in [1.29, 1.82) is 0 Å². The highest BCUT2D eigenvalue weighted by atomic mass is 16.5. The molecule has 3 heterocycles. The van der Waals surface area contributed by atoms with E-state index >= 15 is 0 Å². The van der Waals surface area contributed by atoms with Crippen LogP contribution in [-0.2, 0) is 10.2 Å². The molecular formula is C32H25NO2. The average molecular weight is 456 g/mol. The van der Waals surface area contributed by atoms with Crippen LogP contribution in [0.15, 0.2) is 95.6 Å². The monoisotopic (exact) mass is 455 g/mol. The number of hydrogen-bond donors (Lipinski definition) is 0. The Balaban J connectivity index is 1.59. The van der Waals surface area contributed by atoms with Crippen LogP contribution in [0.3, 0.4) is 0 Å². The second-order valence-corrected chi connectivity index (χ2v) is 10.6. The predicted molar refractivity (Wildman–Crippen MR) is 139 cm³/mol. The van der Waals surface area contributed by atoms with Gasteiger partial charge in [-0.2, -0.15) is 0 Å². The number of nitrogens with zero attached hydrogens (tertiary/aromatic N) is 1. The zero-order chi connectivity index (χ0) is 23.6. The van der Waals surface area contributed by atoms with E-state index < -0.39 is 5.41 Å². The number of esters is 1. The number of ether oxygens (including phenoxy) is 1. The molecule has 8 rings (SSSR count). The topological polar surface area (TPSA) is 31.2 Å². The van der Waals surface area contributed by atoms with Crippen LogP contribution >= 0.6 is 0 Å². The molecule has 4 unspecified atom stereocenters. The molecule has 2 aliphatic heterocycles. The van der Waals surface area contributed by atoms with Gasteiger partial charge in [0.2, 0.25) is 0 Å². The van der Waals surface area contributed by atoms with Crippen LogP contribution in [0.5, 0.6) is 5.75 Å². The first kappa shape index (κ1) is 19.5. The van der Waals surface area contributed by atoms with Crippen molar-refractivity contribution >= 4 is 33.3 Å². The summed E-state index contributed by atoms with van der Waals surface area (Å²) in [5.74, 6) is 0.926. The quantitative estimate of drug-likeness (QED) is 0.174. The fourth-order valence-electron chi connectivity index (χ4n) is 7.65. The molecule has 0 saturated heterocycles. The van der Waals surface area contributed by atoms with Gasteiger partial charge in [0, 0.05) is 33.3 Å². The summed E-state index contributed by atoms with van der Waals surface area (Å²) in [5, 5.41) is 2.48. The van der Waals surface area contributed by atoms with Gasteiger partial charge in [0.25, 0.3) is 0 Å². The summed E-state index contributed by atoms with van der Waals surface area (Å²) in [6.45, 7) is 6.84. The van der Waals surface area contributed by atoms with Crippen LogP contribution in [0.1, 0.15) is 37.9 Å². The molecule has 170 valence electrons. The van der Waals surface area contributed by atoms with Crippen molar-refractivity contribution in [3.05, 3.63) is 107 Å². The molecule has 4 aromatic rings. The second kappa shape index (κ2) is 6.23. The molecule has 2 aliphatic carbocycles. The number of aromatic nitrogens is 1. The second-order valence-electron chi connectivity index (χ2n) is 10.6. The van der Waals surface area contributed by atoms with E-state index in [0.717, 1.165) is 11.1 Å². The highest BCUT2D eigenvalue weighted by Gasteiger charge is 2.56. The molecule has 0 fully saturated rings. The lowest BCUT2D eigenvalue weighted by atomic mass is 9.55. The third-order valence-corrected chi connectivity index (χ3v) is 9.00. The lowest BCUT2D eigenvalue weighted by Gasteiger charge is -2.52. The largest absolute Gasteiger partial charge is 0.423 e. The molecule has 3 nitrogen and oxygen atoms in total. The SMILES string of the molecule is CC1C=C2C(=O)Oc3ccc4c5ccccc5n5c4c3C2(C)C2=C1C(C)C(c1ccccc1)=CC25. The number of hydrogen-bond acceptors (Lipinski definition) is 2. The fraction of sp³-hybridized carbons (Fsp3) is 0.219. The minimum absolute atomic E-state index is 0.0450. The Kier molecular flexibility index (Phi) is 3.46. The van der Waals surface area contributed by atoms with Crippen molar-refractivity contribution in [3.8, 4) is 5.75 Å². The molecule has 0 spiro atoms. The lowest BCUT2D eigenvalue weighted by molar-refractivity contribution is -0.131. The summed E-state index contributed by atoms with van der Waals surface area (Å²) < 4.78 is 8.49.